The van der Waals surface area contributed by atoms with Gasteiger partial charge in [0, 0.05) is 50.3 Å². The van der Waals surface area contributed by atoms with Crippen LogP contribution in [0.15, 0.2) is 6.07 Å². The number of carbonyl (C=O) groups excluding carboxylic acids is 2. The molecule has 2 amide bonds. The van der Waals surface area contributed by atoms with Gasteiger partial charge in [-0.25, -0.2) is 4.98 Å². The summed E-state index contributed by atoms with van der Waals surface area (Å²) in [7, 11) is 0. The normalized spacial score (nSPS) is 18.2. The van der Waals surface area contributed by atoms with Crippen molar-refractivity contribution in [1.82, 2.24) is 19.7 Å². The van der Waals surface area contributed by atoms with Crippen LogP contribution in [0.5, 0.6) is 0 Å². The zero-order valence-electron chi connectivity index (χ0n) is 17.0. The first-order valence-electron chi connectivity index (χ1n) is 10.1. The van der Waals surface area contributed by atoms with Gasteiger partial charge in [0.1, 0.15) is 4.83 Å². The number of hydrogen-bond donors (Lipinski definition) is 0. The Morgan fingerprint density at radius 2 is 1.68 bits per heavy atom. The summed E-state index contributed by atoms with van der Waals surface area (Å²) in [6.07, 6.45) is 2.24. The fourth-order valence-corrected chi connectivity index (χ4v) is 5.60. The molecule has 0 spiro atoms. The number of pyridine rings is 1. The molecule has 0 unspecified atom stereocenters. The zero-order valence-corrected chi connectivity index (χ0v) is 17.8. The van der Waals surface area contributed by atoms with Crippen molar-refractivity contribution in [3.63, 3.8) is 0 Å². The lowest BCUT2D eigenvalue weighted by molar-refractivity contribution is -0.131. The maximum absolute atomic E-state index is 13.1. The minimum Gasteiger partial charge on any atom is -0.342 e. The minimum absolute atomic E-state index is 0.100. The number of fused-ring (bicyclic) bond motifs is 1. The SMILES string of the molecule is Cc1cc(C)c2c(C)c(C(=O)N3CCN(CC(=O)N4CCCC4)CC3)sc2n1. The molecular formula is C21H28N4O2S. The van der Waals surface area contributed by atoms with Gasteiger partial charge in [0.15, 0.2) is 0 Å². The highest BCUT2D eigenvalue weighted by molar-refractivity contribution is 7.20. The van der Waals surface area contributed by atoms with E-state index in [1.165, 1.54) is 16.9 Å². The number of amides is 2. The summed E-state index contributed by atoms with van der Waals surface area (Å²) in [5.41, 5.74) is 3.21. The highest BCUT2D eigenvalue weighted by atomic mass is 32.1. The van der Waals surface area contributed by atoms with Gasteiger partial charge in [-0.1, -0.05) is 0 Å². The fraction of sp³-hybridized carbons (Fsp3) is 0.571. The van der Waals surface area contributed by atoms with Gasteiger partial charge in [-0.15, -0.1) is 11.3 Å². The van der Waals surface area contributed by atoms with Crippen LogP contribution >= 0.6 is 11.3 Å². The summed E-state index contributed by atoms with van der Waals surface area (Å²) in [5, 5.41) is 1.12. The van der Waals surface area contributed by atoms with E-state index in [4.69, 9.17) is 0 Å². The van der Waals surface area contributed by atoms with E-state index in [0.29, 0.717) is 19.6 Å². The molecule has 7 heteroatoms. The first-order valence-corrected chi connectivity index (χ1v) is 10.9. The molecule has 0 atom stereocenters. The van der Waals surface area contributed by atoms with Crippen LogP contribution in [0.4, 0.5) is 0 Å². The second-order valence-electron chi connectivity index (χ2n) is 7.97. The van der Waals surface area contributed by atoms with Crippen molar-refractivity contribution in [2.45, 2.75) is 33.6 Å². The van der Waals surface area contributed by atoms with E-state index in [-0.39, 0.29) is 11.8 Å². The molecule has 2 aromatic rings. The predicted molar refractivity (Wildman–Crippen MR) is 112 cm³/mol. The Hall–Kier alpha value is -1.99. The van der Waals surface area contributed by atoms with Crippen molar-refractivity contribution < 1.29 is 9.59 Å². The van der Waals surface area contributed by atoms with E-state index in [1.807, 2.05) is 23.6 Å². The van der Waals surface area contributed by atoms with Crippen LogP contribution in [0.25, 0.3) is 10.2 Å². The topological polar surface area (TPSA) is 56.8 Å². The second-order valence-corrected chi connectivity index (χ2v) is 8.97. The third-order valence-corrected chi connectivity index (χ3v) is 7.07. The summed E-state index contributed by atoms with van der Waals surface area (Å²) in [5.74, 6) is 0.331. The highest BCUT2D eigenvalue weighted by Crippen LogP contribution is 2.33. The van der Waals surface area contributed by atoms with Crippen molar-refractivity contribution in [2.24, 2.45) is 0 Å². The number of carbonyl (C=O) groups is 2. The van der Waals surface area contributed by atoms with Gasteiger partial charge in [-0.2, -0.15) is 0 Å². The molecule has 4 rings (SSSR count). The van der Waals surface area contributed by atoms with Crippen LogP contribution < -0.4 is 0 Å². The second kappa shape index (κ2) is 7.79. The number of aryl methyl sites for hydroxylation is 3. The largest absolute Gasteiger partial charge is 0.342 e. The van der Waals surface area contributed by atoms with Gasteiger partial charge >= 0.3 is 0 Å². The van der Waals surface area contributed by atoms with Gasteiger partial charge in [-0.05, 0) is 50.8 Å². The van der Waals surface area contributed by atoms with Crippen LogP contribution in [0.3, 0.4) is 0 Å². The maximum Gasteiger partial charge on any atom is 0.264 e. The molecule has 2 saturated heterocycles. The monoisotopic (exact) mass is 400 g/mol. The van der Waals surface area contributed by atoms with Crippen molar-refractivity contribution in [2.75, 3.05) is 45.8 Å². The Balaban J connectivity index is 1.41. The molecule has 4 heterocycles. The van der Waals surface area contributed by atoms with E-state index in [9.17, 15) is 9.59 Å². The number of nitrogens with zero attached hydrogens (tertiary/aromatic N) is 4. The maximum atomic E-state index is 13.1. The lowest BCUT2D eigenvalue weighted by atomic mass is 10.1. The summed E-state index contributed by atoms with van der Waals surface area (Å²) >= 11 is 1.51. The quantitative estimate of drug-likeness (QED) is 0.795. The van der Waals surface area contributed by atoms with Gasteiger partial charge in [0.25, 0.3) is 5.91 Å². The van der Waals surface area contributed by atoms with E-state index in [1.54, 1.807) is 0 Å². The molecule has 28 heavy (non-hydrogen) atoms. The molecule has 0 aliphatic carbocycles. The van der Waals surface area contributed by atoms with Gasteiger partial charge in [-0.3, -0.25) is 14.5 Å². The average Bonchev–Trinajstić information content (AvgIpc) is 3.30. The van der Waals surface area contributed by atoms with Crippen molar-refractivity contribution >= 4 is 33.4 Å². The molecule has 0 N–H and O–H groups in total. The van der Waals surface area contributed by atoms with Gasteiger partial charge in [0.05, 0.1) is 11.4 Å². The van der Waals surface area contributed by atoms with Gasteiger partial charge < -0.3 is 9.80 Å². The first-order chi connectivity index (χ1) is 13.4. The number of piperazine rings is 1. The lowest BCUT2D eigenvalue weighted by Crippen LogP contribution is -2.51. The number of thiophene rings is 1. The number of hydrogen-bond acceptors (Lipinski definition) is 5. The van der Waals surface area contributed by atoms with Gasteiger partial charge in [0.2, 0.25) is 5.91 Å². The van der Waals surface area contributed by atoms with Crippen molar-refractivity contribution in [3.8, 4) is 0 Å². The van der Waals surface area contributed by atoms with Crippen LogP contribution in [-0.4, -0.2) is 77.3 Å². The van der Waals surface area contributed by atoms with E-state index < -0.39 is 0 Å². The highest BCUT2D eigenvalue weighted by Gasteiger charge is 2.28. The number of aromatic nitrogens is 1. The summed E-state index contributed by atoms with van der Waals surface area (Å²) in [4.78, 5) is 37.9. The Kier molecular flexibility index (Phi) is 5.38. The van der Waals surface area contributed by atoms with Crippen molar-refractivity contribution in [1.29, 1.82) is 0 Å². The molecule has 150 valence electrons. The smallest absolute Gasteiger partial charge is 0.264 e. The Bertz CT molecular complexity index is 909. The van der Waals surface area contributed by atoms with Crippen LogP contribution in [0.1, 0.15) is 39.3 Å². The standard InChI is InChI=1S/C21H28N4O2S/c1-14-12-15(2)22-20-18(14)16(3)19(28-20)21(27)25-10-8-23(9-11-25)13-17(26)24-6-4-5-7-24/h12H,4-11,13H2,1-3H3. The van der Waals surface area contributed by atoms with Crippen LogP contribution in [0.2, 0.25) is 0 Å². The zero-order chi connectivity index (χ0) is 19.8. The molecule has 0 radical (unpaired) electrons. The number of likely N-dealkylation sites (tertiary alicyclic amines) is 1. The predicted octanol–water partition coefficient (Wildman–Crippen LogP) is 2.60. The lowest BCUT2D eigenvalue weighted by Gasteiger charge is -2.35. The molecular weight excluding hydrogens is 372 g/mol. The first kappa shape index (κ1) is 19.3. The third-order valence-electron chi connectivity index (χ3n) is 5.90. The molecule has 0 bridgehead atoms. The Morgan fingerprint density at radius 1 is 1.00 bits per heavy atom. The molecule has 2 aliphatic heterocycles. The Morgan fingerprint density at radius 3 is 2.36 bits per heavy atom. The fourth-order valence-electron chi connectivity index (χ4n) is 4.33. The molecule has 2 fully saturated rings. The summed E-state index contributed by atoms with van der Waals surface area (Å²) in [6, 6.07) is 2.08. The summed E-state index contributed by atoms with van der Waals surface area (Å²) < 4.78 is 0. The molecule has 0 saturated carbocycles. The Labute approximate surface area is 170 Å². The molecule has 0 aromatic carbocycles. The average molecular weight is 401 g/mol. The van der Waals surface area contributed by atoms with E-state index in [0.717, 1.165) is 65.4 Å². The molecule has 2 aliphatic rings. The van der Waals surface area contributed by atoms with Crippen molar-refractivity contribution in [3.05, 3.63) is 27.8 Å². The minimum atomic E-state index is 0.100. The number of rotatable bonds is 3. The van der Waals surface area contributed by atoms with Crippen LogP contribution in [-0.2, 0) is 4.79 Å². The van der Waals surface area contributed by atoms with E-state index in [2.05, 4.69) is 22.9 Å². The molecule has 6 nitrogen and oxygen atoms in total. The van der Waals surface area contributed by atoms with E-state index >= 15 is 0 Å². The third kappa shape index (κ3) is 3.65. The van der Waals surface area contributed by atoms with Crippen LogP contribution in [0, 0.1) is 20.8 Å². The molecule has 2 aromatic heterocycles. The summed E-state index contributed by atoms with van der Waals surface area (Å²) in [6.45, 7) is 11.2.